The molecular formula is C15H12N2O3. The summed E-state index contributed by atoms with van der Waals surface area (Å²) in [5.74, 6) is 0.0378. The number of nitrogens with zero attached hydrogens (tertiary/aromatic N) is 1. The van der Waals surface area contributed by atoms with Crippen LogP contribution >= 0.6 is 0 Å². The van der Waals surface area contributed by atoms with E-state index in [2.05, 4.69) is 4.98 Å². The molecule has 2 aromatic heterocycles. The number of ketones is 1. The van der Waals surface area contributed by atoms with Crippen molar-refractivity contribution in [3.8, 4) is 11.4 Å². The highest BCUT2D eigenvalue weighted by Gasteiger charge is 2.10. The summed E-state index contributed by atoms with van der Waals surface area (Å²) in [5.41, 5.74) is 1.43. The fourth-order valence-electron chi connectivity index (χ4n) is 2.17. The predicted octanol–water partition coefficient (Wildman–Crippen LogP) is 2.23. The molecule has 0 radical (unpaired) electrons. The van der Waals surface area contributed by atoms with Crippen LogP contribution in [0, 0.1) is 0 Å². The smallest absolute Gasteiger partial charge is 0.256 e. The molecule has 3 aromatic rings. The molecule has 0 bridgehead atoms. The molecule has 0 aliphatic heterocycles. The van der Waals surface area contributed by atoms with Gasteiger partial charge in [-0.2, -0.15) is 0 Å². The molecular weight excluding hydrogens is 256 g/mol. The van der Waals surface area contributed by atoms with E-state index in [1.807, 2.05) is 0 Å². The summed E-state index contributed by atoms with van der Waals surface area (Å²) in [7, 11) is 0. The number of fused-ring (bicyclic) bond motifs is 1. The van der Waals surface area contributed by atoms with E-state index in [0.29, 0.717) is 17.0 Å². The summed E-state index contributed by atoms with van der Waals surface area (Å²) in [4.78, 5) is 26.5. The molecule has 0 aliphatic carbocycles. The topological polar surface area (TPSA) is 75.1 Å². The number of carbonyl (C=O) groups excluding carboxylic acids is 1. The number of rotatable bonds is 2. The van der Waals surface area contributed by atoms with Gasteiger partial charge >= 0.3 is 0 Å². The summed E-state index contributed by atoms with van der Waals surface area (Å²) < 4.78 is 1.47. The van der Waals surface area contributed by atoms with E-state index in [0.717, 1.165) is 5.39 Å². The number of benzene rings is 1. The van der Waals surface area contributed by atoms with Crippen molar-refractivity contribution in [2.24, 2.45) is 0 Å². The second-order valence-corrected chi connectivity index (χ2v) is 4.57. The zero-order valence-electron chi connectivity index (χ0n) is 10.8. The zero-order valence-corrected chi connectivity index (χ0v) is 10.8. The van der Waals surface area contributed by atoms with Crippen molar-refractivity contribution < 1.29 is 9.90 Å². The van der Waals surface area contributed by atoms with Crippen molar-refractivity contribution in [3.63, 3.8) is 0 Å². The van der Waals surface area contributed by atoms with Gasteiger partial charge in [-0.3, -0.25) is 14.2 Å². The van der Waals surface area contributed by atoms with Crippen LogP contribution in [0.2, 0.25) is 0 Å². The highest BCUT2D eigenvalue weighted by atomic mass is 16.3. The number of nitrogens with one attached hydrogen (secondary N) is 1. The molecule has 0 spiro atoms. The van der Waals surface area contributed by atoms with Gasteiger partial charge in [-0.25, -0.2) is 0 Å². The lowest BCUT2D eigenvalue weighted by Gasteiger charge is -2.07. The third-order valence-corrected chi connectivity index (χ3v) is 3.16. The van der Waals surface area contributed by atoms with Crippen molar-refractivity contribution in [2.75, 3.05) is 0 Å². The van der Waals surface area contributed by atoms with E-state index in [1.54, 1.807) is 24.3 Å². The molecule has 0 amide bonds. The summed E-state index contributed by atoms with van der Waals surface area (Å²) in [6, 6.07) is 11.2. The van der Waals surface area contributed by atoms with Gasteiger partial charge in [-0.05, 0) is 36.4 Å². The first-order chi connectivity index (χ1) is 9.56. The van der Waals surface area contributed by atoms with Crippen LogP contribution in [0.3, 0.4) is 0 Å². The van der Waals surface area contributed by atoms with Gasteiger partial charge in [0, 0.05) is 18.4 Å². The number of H-pyrrole nitrogens is 1. The predicted molar refractivity (Wildman–Crippen MR) is 75.6 cm³/mol. The molecule has 0 aliphatic rings. The van der Waals surface area contributed by atoms with Crippen molar-refractivity contribution in [3.05, 3.63) is 58.5 Å². The van der Waals surface area contributed by atoms with Gasteiger partial charge < -0.3 is 10.1 Å². The minimum atomic E-state index is -0.208. The first-order valence-electron chi connectivity index (χ1n) is 6.11. The van der Waals surface area contributed by atoms with Gasteiger partial charge in [0.25, 0.3) is 5.56 Å². The number of phenols is 1. The Labute approximate surface area is 114 Å². The maximum atomic E-state index is 12.1. The average molecular weight is 268 g/mol. The van der Waals surface area contributed by atoms with E-state index in [9.17, 15) is 14.7 Å². The number of Topliss-reactive ketones (excluding diaryl/α,β-unsaturated/α-hetero) is 1. The summed E-state index contributed by atoms with van der Waals surface area (Å²) in [5, 5.41) is 10.1. The first-order valence-corrected chi connectivity index (χ1v) is 6.11. The van der Waals surface area contributed by atoms with Crippen molar-refractivity contribution in [1.82, 2.24) is 9.55 Å². The van der Waals surface area contributed by atoms with Crippen LogP contribution in [0.4, 0.5) is 0 Å². The second kappa shape index (κ2) is 4.38. The van der Waals surface area contributed by atoms with Gasteiger partial charge in [0.2, 0.25) is 0 Å². The van der Waals surface area contributed by atoms with Gasteiger partial charge in [0.1, 0.15) is 11.4 Å². The molecule has 5 heteroatoms. The van der Waals surface area contributed by atoms with Gasteiger partial charge in [-0.15, -0.1) is 0 Å². The minimum Gasteiger partial charge on any atom is -0.508 e. The highest BCUT2D eigenvalue weighted by Crippen LogP contribution is 2.19. The minimum absolute atomic E-state index is 0.0918. The van der Waals surface area contributed by atoms with Crippen LogP contribution in [-0.2, 0) is 0 Å². The van der Waals surface area contributed by atoms with E-state index in [-0.39, 0.29) is 17.1 Å². The van der Waals surface area contributed by atoms with Gasteiger partial charge in [0.05, 0.1) is 11.4 Å². The Hall–Kier alpha value is -2.82. The molecule has 0 fully saturated rings. The fraction of sp³-hybridized carbons (Fsp3) is 0.0667. The Morgan fingerprint density at radius 1 is 1.15 bits per heavy atom. The number of hydrogen-bond donors (Lipinski definition) is 2. The number of aromatic hydroxyl groups is 1. The Morgan fingerprint density at radius 2 is 1.85 bits per heavy atom. The highest BCUT2D eigenvalue weighted by molar-refractivity contribution is 5.97. The van der Waals surface area contributed by atoms with Crippen LogP contribution in [-0.4, -0.2) is 20.4 Å². The molecule has 0 atom stereocenters. The average Bonchev–Trinajstić information content (AvgIpc) is 2.84. The van der Waals surface area contributed by atoms with E-state index in [1.165, 1.54) is 29.7 Å². The number of pyridine rings is 1. The van der Waals surface area contributed by atoms with Crippen LogP contribution in [0.5, 0.6) is 5.75 Å². The van der Waals surface area contributed by atoms with E-state index in [4.69, 9.17) is 0 Å². The van der Waals surface area contributed by atoms with Crippen LogP contribution < -0.4 is 5.56 Å². The number of aromatic nitrogens is 2. The Morgan fingerprint density at radius 3 is 2.50 bits per heavy atom. The molecule has 0 saturated heterocycles. The SMILES string of the molecule is CC(=O)c1cc2ccc(=O)n(-c3ccc(O)cc3)c2[nH]1. The van der Waals surface area contributed by atoms with E-state index >= 15 is 0 Å². The Bertz CT molecular complexity index is 857. The molecule has 3 rings (SSSR count). The van der Waals surface area contributed by atoms with Crippen molar-refractivity contribution in [2.45, 2.75) is 6.92 Å². The quantitative estimate of drug-likeness (QED) is 0.700. The molecule has 2 N–H and O–H groups in total. The third kappa shape index (κ3) is 1.89. The fourth-order valence-corrected chi connectivity index (χ4v) is 2.17. The van der Waals surface area contributed by atoms with Gasteiger partial charge in [0.15, 0.2) is 5.78 Å². The standard InChI is InChI=1S/C15H12N2O3/c1-9(18)13-8-10-2-7-14(20)17(15(10)16-13)11-3-5-12(19)6-4-11/h2-8,16,19H,1H3. The summed E-state index contributed by atoms with van der Waals surface area (Å²) >= 11 is 0. The summed E-state index contributed by atoms with van der Waals surface area (Å²) in [6.07, 6.45) is 0. The molecule has 0 saturated carbocycles. The normalized spacial score (nSPS) is 10.8. The summed E-state index contributed by atoms with van der Waals surface area (Å²) in [6.45, 7) is 1.47. The molecule has 20 heavy (non-hydrogen) atoms. The van der Waals surface area contributed by atoms with Crippen LogP contribution in [0.1, 0.15) is 17.4 Å². The largest absolute Gasteiger partial charge is 0.508 e. The zero-order chi connectivity index (χ0) is 14.3. The number of phenolic OH excluding ortho intramolecular Hbond substituents is 1. The van der Waals surface area contributed by atoms with E-state index < -0.39 is 0 Å². The third-order valence-electron chi connectivity index (χ3n) is 3.16. The first kappa shape index (κ1) is 12.2. The van der Waals surface area contributed by atoms with Gasteiger partial charge in [-0.1, -0.05) is 0 Å². The number of carbonyl (C=O) groups is 1. The number of aromatic amines is 1. The monoisotopic (exact) mass is 268 g/mol. The molecule has 1 aromatic carbocycles. The Balaban J connectivity index is 2.33. The molecule has 5 nitrogen and oxygen atoms in total. The lowest BCUT2D eigenvalue weighted by atomic mass is 10.2. The molecule has 100 valence electrons. The number of hydrogen-bond acceptors (Lipinski definition) is 3. The maximum Gasteiger partial charge on any atom is 0.256 e. The lowest BCUT2D eigenvalue weighted by molar-refractivity contribution is 0.101. The molecule has 2 heterocycles. The van der Waals surface area contributed by atoms with Crippen LogP contribution in [0.15, 0.2) is 47.3 Å². The lowest BCUT2D eigenvalue weighted by Crippen LogP contribution is -2.17. The maximum absolute atomic E-state index is 12.1. The molecule has 0 unspecified atom stereocenters. The second-order valence-electron chi connectivity index (χ2n) is 4.57. The van der Waals surface area contributed by atoms with Crippen molar-refractivity contribution >= 4 is 16.8 Å². The van der Waals surface area contributed by atoms with Crippen molar-refractivity contribution in [1.29, 1.82) is 0 Å². The Kier molecular flexibility index (Phi) is 2.68. The van der Waals surface area contributed by atoms with Crippen LogP contribution in [0.25, 0.3) is 16.7 Å².